The normalized spacial score (nSPS) is 11.5. The van der Waals surface area contributed by atoms with Gasteiger partial charge in [-0.25, -0.2) is 9.38 Å². The van der Waals surface area contributed by atoms with Crippen LogP contribution in [0.15, 0.2) is 29.3 Å². The minimum atomic E-state index is -0.347. The van der Waals surface area contributed by atoms with E-state index in [-0.39, 0.29) is 47.8 Å². The number of anilines is 1. The third-order valence-corrected chi connectivity index (χ3v) is 3.09. The molecule has 0 heterocycles. The van der Waals surface area contributed by atoms with Crippen molar-refractivity contribution < 1.29 is 13.9 Å². The molecule has 6 nitrogen and oxygen atoms in total. The van der Waals surface area contributed by atoms with Crippen molar-refractivity contribution in [3.63, 3.8) is 0 Å². The SMILES string of the molecule is CCNC(=NCC(=O)Nc1ccc(F)cc1)NCC(C)(C)OC.I. The van der Waals surface area contributed by atoms with Crippen molar-refractivity contribution in [2.24, 2.45) is 4.99 Å². The zero-order chi connectivity index (χ0) is 17.3. The van der Waals surface area contributed by atoms with Crippen LogP contribution in [0.2, 0.25) is 0 Å². The molecule has 8 heteroatoms. The molecule has 0 saturated heterocycles. The molecule has 0 aliphatic heterocycles. The van der Waals surface area contributed by atoms with E-state index in [4.69, 9.17) is 4.74 Å². The number of nitrogens with zero attached hydrogens (tertiary/aromatic N) is 1. The van der Waals surface area contributed by atoms with E-state index in [1.807, 2.05) is 20.8 Å². The number of hydrogen-bond donors (Lipinski definition) is 3. The average Bonchev–Trinajstić information content (AvgIpc) is 2.52. The van der Waals surface area contributed by atoms with Gasteiger partial charge in [0.05, 0.1) is 5.60 Å². The molecule has 0 unspecified atom stereocenters. The van der Waals surface area contributed by atoms with Crippen molar-refractivity contribution in [2.75, 3.05) is 32.1 Å². The Kier molecular flexibility index (Phi) is 10.5. The summed E-state index contributed by atoms with van der Waals surface area (Å²) >= 11 is 0. The highest BCUT2D eigenvalue weighted by molar-refractivity contribution is 14.0. The molecule has 136 valence electrons. The van der Waals surface area contributed by atoms with Crippen molar-refractivity contribution >= 4 is 41.5 Å². The van der Waals surface area contributed by atoms with Crippen LogP contribution in [0.1, 0.15) is 20.8 Å². The lowest BCUT2D eigenvalue weighted by Crippen LogP contribution is -2.45. The van der Waals surface area contributed by atoms with E-state index in [1.165, 1.54) is 24.3 Å². The average molecular weight is 452 g/mol. The standard InChI is InChI=1S/C16H25FN4O2.HI/c1-5-18-15(20-11-16(2,3)23-4)19-10-14(22)21-13-8-6-12(17)7-9-13;/h6-9H,5,10-11H2,1-4H3,(H,21,22)(H2,18,19,20);1H. The van der Waals surface area contributed by atoms with Gasteiger partial charge >= 0.3 is 0 Å². The summed E-state index contributed by atoms with van der Waals surface area (Å²) in [7, 11) is 1.64. The van der Waals surface area contributed by atoms with Gasteiger partial charge < -0.3 is 20.7 Å². The Morgan fingerprint density at radius 1 is 1.25 bits per heavy atom. The van der Waals surface area contributed by atoms with E-state index in [9.17, 15) is 9.18 Å². The number of guanidine groups is 1. The van der Waals surface area contributed by atoms with Crippen molar-refractivity contribution in [2.45, 2.75) is 26.4 Å². The number of halogens is 2. The maximum atomic E-state index is 12.8. The highest BCUT2D eigenvalue weighted by Gasteiger charge is 2.16. The number of benzene rings is 1. The summed E-state index contributed by atoms with van der Waals surface area (Å²) in [4.78, 5) is 16.1. The lowest BCUT2D eigenvalue weighted by molar-refractivity contribution is -0.114. The van der Waals surface area contributed by atoms with E-state index < -0.39 is 0 Å². The highest BCUT2D eigenvalue weighted by atomic mass is 127. The molecule has 0 spiro atoms. The third kappa shape index (κ3) is 9.02. The molecule has 24 heavy (non-hydrogen) atoms. The molecule has 0 aliphatic rings. The van der Waals surface area contributed by atoms with Crippen LogP contribution in [0.25, 0.3) is 0 Å². The molecule has 1 aromatic rings. The first kappa shape index (κ1) is 22.6. The summed E-state index contributed by atoms with van der Waals surface area (Å²) in [5.41, 5.74) is 0.192. The fourth-order valence-electron chi connectivity index (χ4n) is 1.60. The summed E-state index contributed by atoms with van der Waals surface area (Å²) < 4.78 is 18.1. The Balaban J connectivity index is 0.00000529. The number of nitrogens with one attached hydrogen (secondary N) is 3. The minimum Gasteiger partial charge on any atom is -0.377 e. The molecule has 0 radical (unpaired) electrons. The van der Waals surface area contributed by atoms with Gasteiger partial charge in [-0.1, -0.05) is 0 Å². The largest absolute Gasteiger partial charge is 0.377 e. The van der Waals surface area contributed by atoms with Crippen LogP contribution in [0.5, 0.6) is 0 Å². The molecule has 1 amide bonds. The second kappa shape index (κ2) is 11.2. The Morgan fingerprint density at radius 2 is 1.88 bits per heavy atom. The summed E-state index contributed by atoms with van der Waals surface area (Å²) in [5, 5.41) is 8.84. The van der Waals surface area contributed by atoms with Gasteiger partial charge in [0, 0.05) is 25.9 Å². The lowest BCUT2D eigenvalue weighted by atomic mass is 10.1. The molecular weight excluding hydrogens is 426 g/mol. The Bertz CT molecular complexity index is 535. The topological polar surface area (TPSA) is 74.8 Å². The van der Waals surface area contributed by atoms with Gasteiger partial charge in [-0.2, -0.15) is 0 Å². The van der Waals surface area contributed by atoms with Gasteiger partial charge in [-0.3, -0.25) is 4.79 Å². The fraction of sp³-hybridized carbons (Fsp3) is 0.500. The monoisotopic (exact) mass is 452 g/mol. The van der Waals surface area contributed by atoms with Gasteiger partial charge in [-0.15, -0.1) is 24.0 Å². The smallest absolute Gasteiger partial charge is 0.246 e. The Labute approximate surface area is 159 Å². The van der Waals surface area contributed by atoms with Gasteiger partial charge in [0.15, 0.2) is 5.96 Å². The molecule has 1 rings (SSSR count). The van der Waals surface area contributed by atoms with Gasteiger partial charge in [-0.05, 0) is 45.0 Å². The Morgan fingerprint density at radius 3 is 2.42 bits per heavy atom. The third-order valence-electron chi connectivity index (χ3n) is 3.09. The predicted molar refractivity (Wildman–Crippen MR) is 106 cm³/mol. The van der Waals surface area contributed by atoms with Crippen LogP contribution in [0.4, 0.5) is 10.1 Å². The van der Waals surface area contributed by atoms with E-state index in [0.717, 1.165) is 0 Å². The number of hydrogen-bond acceptors (Lipinski definition) is 3. The molecular formula is C16H26FIN4O2. The quantitative estimate of drug-likeness (QED) is 0.338. The molecule has 0 saturated carbocycles. The number of rotatable bonds is 7. The van der Waals surface area contributed by atoms with Crippen LogP contribution in [0.3, 0.4) is 0 Å². The van der Waals surface area contributed by atoms with Crippen LogP contribution < -0.4 is 16.0 Å². The van der Waals surface area contributed by atoms with Crippen molar-refractivity contribution in [3.05, 3.63) is 30.1 Å². The zero-order valence-electron chi connectivity index (χ0n) is 14.5. The summed E-state index contributed by atoms with van der Waals surface area (Å²) in [6.07, 6.45) is 0. The van der Waals surface area contributed by atoms with Crippen LogP contribution in [0, 0.1) is 5.82 Å². The van der Waals surface area contributed by atoms with Crippen molar-refractivity contribution in [3.8, 4) is 0 Å². The fourth-order valence-corrected chi connectivity index (χ4v) is 1.60. The second-order valence-electron chi connectivity index (χ2n) is 5.57. The molecule has 0 atom stereocenters. The van der Waals surface area contributed by atoms with E-state index in [2.05, 4.69) is 20.9 Å². The number of carbonyl (C=O) groups excluding carboxylic acids is 1. The van der Waals surface area contributed by atoms with Crippen molar-refractivity contribution in [1.82, 2.24) is 10.6 Å². The van der Waals surface area contributed by atoms with Crippen LogP contribution in [-0.4, -0.2) is 44.2 Å². The second-order valence-corrected chi connectivity index (χ2v) is 5.57. The molecule has 0 aliphatic carbocycles. The number of carbonyl (C=O) groups is 1. The van der Waals surface area contributed by atoms with Gasteiger partial charge in [0.1, 0.15) is 12.4 Å². The first-order valence-corrected chi connectivity index (χ1v) is 7.49. The molecule has 1 aromatic carbocycles. The first-order valence-electron chi connectivity index (χ1n) is 7.49. The van der Waals surface area contributed by atoms with Crippen LogP contribution in [-0.2, 0) is 9.53 Å². The Hall–Kier alpha value is -1.42. The maximum Gasteiger partial charge on any atom is 0.246 e. The highest BCUT2D eigenvalue weighted by Crippen LogP contribution is 2.08. The minimum absolute atomic E-state index is 0. The van der Waals surface area contributed by atoms with E-state index in [0.29, 0.717) is 24.7 Å². The lowest BCUT2D eigenvalue weighted by Gasteiger charge is -2.24. The number of aliphatic imine (C=N–C) groups is 1. The predicted octanol–water partition coefficient (Wildman–Crippen LogP) is 2.36. The molecule has 0 aromatic heterocycles. The number of amides is 1. The molecule has 0 bridgehead atoms. The zero-order valence-corrected chi connectivity index (χ0v) is 16.8. The summed E-state index contributed by atoms with van der Waals surface area (Å²) in [6, 6.07) is 5.58. The first-order chi connectivity index (χ1) is 10.9. The van der Waals surface area contributed by atoms with Crippen LogP contribution >= 0.6 is 24.0 Å². The van der Waals surface area contributed by atoms with Crippen molar-refractivity contribution in [1.29, 1.82) is 0 Å². The number of methoxy groups -OCH3 is 1. The van der Waals surface area contributed by atoms with E-state index in [1.54, 1.807) is 7.11 Å². The van der Waals surface area contributed by atoms with Gasteiger partial charge in [0.2, 0.25) is 5.91 Å². The summed E-state index contributed by atoms with van der Waals surface area (Å²) in [6.45, 7) is 7.03. The molecule has 0 fully saturated rings. The molecule has 3 N–H and O–H groups in total. The van der Waals surface area contributed by atoms with Gasteiger partial charge in [0.25, 0.3) is 0 Å². The number of ether oxygens (including phenoxy) is 1. The summed E-state index contributed by atoms with van der Waals surface area (Å²) in [5.74, 6) is -0.0906. The van der Waals surface area contributed by atoms with E-state index >= 15 is 0 Å². The maximum absolute atomic E-state index is 12.8.